The standard InChI is InChI=1S/C17H24FNO2/c18-14-8-13(12-19)9-16(10-14)21-15-4-7-20-17(11-15)5-2-1-3-6-17/h8-10,15H,1-7,11-12,19H2. The van der Waals surface area contributed by atoms with Crippen molar-refractivity contribution in [2.45, 2.75) is 63.2 Å². The van der Waals surface area contributed by atoms with Crippen LogP contribution in [-0.4, -0.2) is 18.3 Å². The molecule has 1 saturated carbocycles. The largest absolute Gasteiger partial charge is 0.490 e. The first kappa shape index (κ1) is 14.8. The van der Waals surface area contributed by atoms with Gasteiger partial charge in [0.25, 0.3) is 0 Å². The lowest BCUT2D eigenvalue weighted by Gasteiger charge is -2.43. The zero-order valence-corrected chi connectivity index (χ0v) is 12.4. The lowest BCUT2D eigenvalue weighted by atomic mass is 9.79. The van der Waals surface area contributed by atoms with Gasteiger partial charge in [-0.2, -0.15) is 0 Å². The topological polar surface area (TPSA) is 44.5 Å². The van der Waals surface area contributed by atoms with Crippen LogP contribution in [0.3, 0.4) is 0 Å². The lowest BCUT2D eigenvalue weighted by Crippen LogP contribution is -2.45. The van der Waals surface area contributed by atoms with Crippen LogP contribution in [0, 0.1) is 5.82 Å². The Morgan fingerprint density at radius 2 is 2.05 bits per heavy atom. The van der Waals surface area contributed by atoms with E-state index >= 15 is 0 Å². The number of halogens is 1. The molecule has 21 heavy (non-hydrogen) atoms. The molecule has 4 heteroatoms. The van der Waals surface area contributed by atoms with E-state index in [1.165, 1.54) is 31.4 Å². The minimum Gasteiger partial charge on any atom is -0.490 e. The van der Waals surface area contributed by atoms with E-state index in [1.54, 1.807) is 0 Å². The maximum Gasteiger partial charge on any atom is 0.127 e. The monoisotopic (exact) mass is 293 g/mol. The molecule has 1 heterocycles. The Labute approximate surface area is 125 Å². The quantitative estimate of drug-likeness (QED) is 0.927. The van der Waals surface area contributed by atoms with Crippen LogP contribution < -0.4 is 10.5 Å². The predicted molar refractivity (Wildman–Crippen MR) is 79.7 cm³/mol. The summed E-state index contributed by atoms with van der Waals surface area (Å²) in [6.45, 7) is 1.07. The molecule has 2 fully saturated rings. The Bertz CT molecular complexity index is 480. The fourth-order valence-corrected chi connectivity index (χ4v) is 3.63. The summed E-state index contributed by atoms with van der Waals surface area (Å²) >= 11 is 0. The van der Waals surface area contributed by atoms with Gasteiger partial charge in [0.2, 0.25) is 0 Å². The molecule has 0 bridgehead atoms. The van der Waals surface area contributed by atoms with E-state index in [4.69, 9.17) is 15.2 Å². The normalized spacial score (nSPS) is 25.0. The van der Waals surface area contributed by atoms with Gasteiger partial charge in [-0.25, -0.2) is 4.39 Å². The van der Waals surface area contributed by atoms with Crippen molar-refractivity contribution in [3.8, 4) is 5.75 Å². The van der Waals surface area contributed by atoms with Crippen molar-refractivity contribution in [3.63, 3.8) is 0 Å². The van der Waals surface area contributed by atoms with E-state index in [0.29, 0.717) is 12.3 Å². The Balaban J connectivity index is 1.68. The highest BCUT2D eigenvalue weighted by molar-refractivity contribution is 5.29. The molecular weight excluding hydrogens is 269 g/mol. The smallest absolute Gasteiger partial charge is 0.127 e. The molecule has 0 amide bonds. The van der Waals surface area contributed by atoms with Crippen molar-refractivity contribution in [2.75, 3.05) is 6.61 Å². The average molecular weight is 293 g/mol. The molecule has 3 nitrogen and oxygen atoms in total. The Morgan fingerprint density at radius 1 is 1.24 bits per heavy atom. The summed E-state index contributed by atoms with van der Waals surface area (Å²) in [7, 11) is 0. The molecule has 0 aromatic heterocycles. The van der Waals surface area contributed by atoms with E-state index in [2.05, 4.69) is 0 Å². The van der Waals surface area contributed by atoms with Crippen molar-refractivity contribution in [2.24, 2.45) is 5.73 Å². The van der Waals surface area contributed by atoms with Crippen LogP contribution in [0.5, 0.6) is 5.75 Å². The molecule has 2 N–H and O–H groups in total. The summed E-state index contributed by atoms with van der Waals surface area (Å²) in [5, 5.41) is 0. The molecule has 1 aromatic rings. The zero-order valence-electron chi connectivity index (χ0n) is 12.4. The molecule has 1 aliphatic heterocycles. The Kier molecular flexibility index (Phi) is 4.45. The maximum absolute atomic E-state index is 13.6. The summed E-state index contributed by atoms with van der Waals surface area (Å²) in [5.41, 5.74) is 6.36. The van der Waals surface area contributed by atoms with Gasteiger partial charge in [0, 0.05) is 25.5 Å². The fourth-order valence-electron chi connectivity index (χ4n) is 3.63. The number of hydrogen-bond donors (Lipinski definition) is 1. The van der Waals surface area contributed by atoms with Crippen molar-refractivity contribution in [1.29, 1.82) is 0 Å². The Morgan fingerprint density at radius 3 is 2.81 bits per heavy atom. The lowest BCUT2D eigenvalue weighted by molar-refractivity contribution is -0.129. The second-order valence-electron chi connectivity index (χ2n) is 6.32. The van der Waals surface area contributed by atoms with Gasteiger partial charge in [-0.1, -0.05) is 19.3 Å². The van der Waals surface area contributed by atoms with E-state index in [1.807, 2.05) is 6.07 Å². The predicted octanol–water partition coefficient (Wildman–Crippen LogP) is 3.55. The van der Waals surface area contributed by atoms with Gasteiger partial charge >= 0.3 is 0 Å². The fraction of sp³-hybridized carbons (Fsp3) is 0.647. The molecule has 1 spiro atoms. The van der Waals surface area contributed by atoms with Gasteiger partial charge in [-0.15, -0.1) is 0 Å². The molecule has 3 rings (SSSR count). The van der Waals surface area contributed by atoms with Gasteiger partial charge in [0.1, 0.15) is 17.7 Å². The first-order valence-electron chi connectivity index (χ1n) is 7.99. The van der Waals surface area contributed by atoms with Crippen LogP contribution in [0.15, 0.2) is 18.2 Å². The van der Waals surface area contributed by atoms with E-state index in [9.17, 15) is 4.39 Å². The maximum atomic E-state index is 13.6. The highest BCUT2D eigenvalue weighted by atomic mass is 19.1. The van der Waals surface area contributed by atoms with Crippen LogP contribution in [0.25, 0.3) is 0 Å². The molecule has 2 aliphatic rings. The van der Waals surface area contributed by atoms with Crippen molar-refractivity contribution in [1.82, 2.24) is 0 Å². The molecule has 1 saturated heterocycles. The molecule has 116 valence electrons. The van der Waals surface area contributed by atoms with E-state index in [-0.39, 0.29) is 17.5 Å². The number of nitrogens with two attached hydrogens (primary N) is 1. The van der Waals surface area contributed by atoms with Crippen LogP contribution in [0.4, 0.5) is 4.39 Å². The second-order valence-corrected chi connectivity index (χ2v) is 6.32. The van der Waals surface area contributed by atoms with Crippen LogP contribution in [0.1, 0.15) is 50.5 Å². The van der Waals surface area contributed by atoms with Crippen LogP contribution in [-0.2, 0) is 11.3 Å². The van der Waals surface area contributed by atoms with Crippen molar-refractivity contribution >= 4 is 0 Å². The number of ether oxygens (including phenoxy) is 2. The van der Waals surface area contributed by atoms with Gasteiger partial charge in [0.05, 0.1) is 12.2 Å². The summed E-state index contributed by atoms with van der Waals surface area (Å²) < 4.78 is 25.7. The molecule has 1 aliphatic carbocycles. The molecule has 1 unspecified atom stereocenters. The summed E-state index contributed by atoms with van der Waals surface area (Å²) in [6.07, 6.45) is 7.95. The third-order valence-corrected chi connectivity index (χ3v) is 4.68. The molecule has 0 radical (unpaired) electrons. The van der Waals surface area contributed by atoms with E-state index < -0.39 is 0 Å². The van der Waals surface area contributed by atoms with Gasteiger partial charge in [0.15, 0.2) is 0 Å². The first-order chi connectivity index (χ1) is 10.2. The minimum absolute atomic E-state index is 0.00515. The summed E-state index contributed by atoms with van der Waals surface area (Å²) in [5.74, 6) is 0.306. The van der Waals surface area contributed by atoms with Crippen LogP contribution in [0.2, 0.25) is 0 Å². The summed E-state index contributed by atoms with van der Waals surface area (Å²) in [4.78, 5) is 0. The van der Waals surface area contributed by atoms with Gasteiger partial charge < -0.3 is 15.2 Å². The van der Waals surface area contributed by atoms with Crippen molar-refractivity contribution < 1.29 is 13.9 Å². The third-order valence-electron chi connectivity index (χ3n) is 4.68. The molecule has 1 atom stereocenters. The SMILES string of the molecule is NCc1cc(F)cc(OC2CCOC3(CCCCC3)C2)c1. The average Bonchev–Trinajstić information content (AvgIpc) is 2.47. The third kappa shape index (κ3) is 3.55. The minimum atomic E-state index is -0.285. The van der Waals surface area contributed by atoms with Crippen molar-refractivity contribution in [3.05, 3.63) is 29.6 Å². The van der Waals surface area contributed by atoms with Gasteiger partial charge in [-0.05, 0) is 30.5 Å². The van der Waals surface area contributed by atoms with E-state index in [0.717, 1.165) is 37.9 Å². The molecular formula is C17H24FNO2. The second kappa shape index (κ2) is 6.32. The molecule has 1 aromatic carbocycles. The Hall–Kier alpha value is -1.13. The first-order valence-corrected chi connectivity index (χ1v) is 7.99. The summed E-state index contributed by atoms with van der Waals surface area (Å²) in [6, 6.07) is 4.74. The number of benzene rings is 1. The number of hydrogen-bond acceptors (Lipinski definition) is 3. The highest BCUT2D eigenvalue weighted by Gasteiger charge is 2.39. The van der Waals surface area contributed by atoms with Gasteiger partial charge in [-0.3, -0.25) is 0 Å². The number of rotatable bonds is 3. The zero-order chi connectivity index (χ0) is 14.7. The highest BCUT2D eigenvalue weighted by Crippen LogP contribution is 2.39. The van der Waals surface area contributed by atoms with Crippen LogP contribution >= 0.6 is 0 Å².